The molecule has 0 saturated carbocycles. The molecule has 0 fully saturated rings. The smallest absolute Gasteiger partial charge is 0.374 e. The van der Waals surface area contributed by atoms with E-state index in [0.29, 0.717) is 10.6 Å². The lowest BCUT2D eigenvalue weighted by Gasteiger charge is -2.06. The molecular formula is C16H10Cl2N2O4. The van der Waals surface area contributed by atoms with E-state index in [-0.39, 0.29) is 16.6 Å². The number of carbonyl (C=O) groups excluding carboxylic acids is 2. The van der Waals surface area contributed by atoms with Crippen LogP contribution in [0.15, 0.2) is 47.0 Å². The van der Waals surface area contributed by atoms with Crippen molar-refractivity contribution in [3.63, 3.8) is 0 Å². The van der Waals surface area contributed by atoms with Crippen molar-refractivity contribution in [1.82, 2.24) is 4.98 Å². The lowest BCUT2D eigenvalue weighted by molar-refractivity contribution is -0.119. The van der Waals surface area contributed by atoms with Gasteiger partial charge in [-0.05, 0) is 18.2 Å². The summed E-state index contributed by atoms with van der Waals surface area (Å²) < 4.78 is 10.3. The average molecular weight is 365 g/mol. The lowest BCUT2D eigenvalue weighted by atomic mass is 10.2. The van der Waals surface area contributed by atoms with Gasteiger partial charge in [0.2, 0.25) is 5.76 Å². The van der Waals surface area contributed by atoms with Crippen molar-refractivity contribution in [3.8, 4) is 0 Å². The molecule has 2 aromatic heterocycles. The highest BCUT2D eigenvalue weighted by atomic mass is 35.5. The van der Waals surface area contributed by atoms with Gasteiger partial charge in [-0.25, -0.2) is 9.78 Å². The number of para-hydroxylation sites is 1. The normalized spacial score (nSPS) is 10.6. The molecule has 0 unspecified atom stereocenters. The van der Waals surface area contributed by atoms with Crippen molar-refractivity contribution < 1.29 is 18.7 Å². The molecule has 122 valence electrons. The van der Waals surface area contributed by atoms with Gasteiger partial charge in [-0.2, -0.15) is 0 Å². The van der Waals surface area contributed by atoms with Gasteiger partial charge >= 0.3 is 5.97 Å². The summed E-state index contributed by atoms with van der Waals surface area (Å²) in [5.74, 6) is -1.18. The van der Waals surface area contributed by atoms with Gasteiger partial charge in [-0.15, -0.1) is 0 Å². The monoisotopic (exact) mass is 364 g/mol. The number of furan rings is 1. The van der Waals surface area contributed by atoms with E-state index in [1.165, 1.54) is 12.3 Å². The molecule has 3 aromatic rings. The van der Waals surface area contributed by atoms with Crippen molar-refractivity contribution in [3.05, 3.63) is 58.4 Å². The van der Waals surface area contributed by atoms with Crippen molar-refractivity contribution in [1.29, 1.82) is 0 Å². The number of carbonyl (C=O) groups is 2. The number of hydrogen-bond donors (Lipinski definition) is 1. The molecule has 0 aliphatic heterocycles. The Labute approximate surface area is 146 Å². The predicted octanol–water partition coefficient (Wildman–Crippen LogP) is 3.93. The van der Waals surface area contributed by atoms with Crippen LogP contribution < -0.4 is 5.32 Å². The number of benzene rings is 1. The molecular weight excluding hydrogens is 355 g/mol. The number of fused-ring (bicyclic) bond motifs is 1. The summed E-state index contributed by atoms with van der Waals surface area (Å²) in [5, 5.41) is 3.71. The van der Waals surface area contributed by atoms with Crippen LogP contribution in [-0.2, 0) is 9.53 Å². The summed E-state index contributed by atoms with van der Waals surface area (Å²) in [6, 6.07) is 10.1. The zero-order chi connectivity index (χ0) is 17.1. The molecule has 0 radical (unpaired) electrons. The number of nitrogens with one attached hydrogen (secondary N) is 1. The zero-order valence-corrected chi connectivity index (χ0v) is 13.6. The summed E-state index contributed by atoms with van der Waals surface area (Å²) in [4.78, 5) is 27.6. The van der Waals surface area contributed by atoms with Gasteiger partial charge in [-0.1, -0.05) is 41.4 Å². The van der Waals surface area contributed by atoms with Gasteiger partial charge < -0.3 is 14.5 Å². The average Bonchev–Trinajstić information content (AvgIpc) is 2.99. The fraction of sp³-hybridized carbons (Fsp3) is 0.0625. The standard InChI is InChI=1S/C16H10Cl2N2O4/c17-10-6-11(18)15(19-7-10)20-14(21)8-23-16(22)13-5-9-3-1-2-4-12(9)24-13/h1-7H,8H2,(H,19,20,21). The summed E-state index contributed by atoms with van der Waals surface area (Å²) >= 11 is 11.6. The Bertz CT molecular complexity index is 890. The van der Waals surface area contributed by atoms with Crippen LogP contribution in [0.5, 0.6) is 0 Å². The Balaban J connectivity index is 1.60. The summed E-state index contributed by atoms with van der Waals surface area (Å²) in [6.45, 7) is -0.503. The summed E-state index contributed by atoms with van der Waals surface area (Å²) in [6.07, 6.45) is 1.34. The van der Waals surface area contributed by atoms with Gasteiger partial charge in [-0.3, -0.25) is 4.79 Å². The van der Waals surface area contributed by atoms with Crippen LogP contribution in [0.25, 0.3) is 11.0 Å². The third-order valence-electron chi connectivity index (χ3n) is 3.03. The predicted molar refractivity (Wildman–Crippen MR) is 89.4 cm³/mol. The van der Waals surface area contributed by atoms with E-state index < -0.39 is 18.5 Å². The molecule has 3 rings (SSSR count). The largest absolute Gasteiger partial charge is 0.450 e. The first kappa shape index (κ1) is 16.3. The fourth-order valence-electron chi connectivity index (χ4n) is 1.96. The topological polar surface area (TPSA) is 81.4 Å². The molecule has 2 heterocycles. The minimum absolute atomic E-state index is 0.0200. The van der Waals surface area contributed by atoms with Crippen LogP contribution in [0.3, 0.4) is 0 Å². The second kappa shape index (κ2) is 6.90. The molecule has 6 nitrogen and oxygen atoms in total. The number of aromatic nitrogens is 1. The van der Waals surface area contributed by atoms with Crippen LogP contribution >= 0.6 is 23.2 Å². The molecule has 0 atom stereocenters. The number of esters is 1. The molecule has 0 saturated heterocycles. The van der Waals surface area contributed by atoms with E-state index in [1.807, 2.05) is 6.07 Å². The molecule has 8 heteroatoms. The maximum absolute atomic E-state index is 11.9. The van der Waals surface area contributed by atoms with Crippen molar-refractivity contribution in [2.75, 3.05) is 11.9 Å². The number of halogens is 2. The van der Waals surface area contributed by atoms with E-state index >= 15 is 0 Å². The van der Waals surface area contributed by atoms with Crippen molar-refractivity contribution in [2.24, 2.45) is 0 Å². The molecule has 0 aliphatic carbocycles. The Hall–Kier alpha value is -2.57. The lowest BCUT2D eigenvalue weighted by Crippen LogP contribution is -2.21. The second-order valence-electron chi connectivity index (χ2n) is 4.76. The molecule has 0 bridgehead atoms. The van der Waals surface area contributed by atoms with Crippen molar-refractivity contribution >= 4 is 51.9 Å². The Morgan fingerprint density at radius 2 is 2.00 bits per heavy atom. The van der Waals surface area contributed by atoms with Crippen LogP contribution in [-0.4, -0.2) is 23.5 Å². The number of ether oxygens (including phenoxy) is 1. The molecule has 0 spiro atoms. The van der Waals surface area contributed by atoms with Gasteiger partial charge in [0.25, 0.3) is 5.91 Å². The number of hydrogen-bond acceptors (Lipinski definition) is 5. The molecule has 1 N–H and O–H groups in total. The first-order valence-electron chi connectivity index (χ1n) is 6.79. The van der Waals surface area contributed by atoms with Crippen molar-refractivity contribution in [2.45, 2.75) is 0 Å². The molecule has 0 aliphatic rings. The number of pyridine rings is 1. The maximum Gasteiger partial charge on any atom is 0.374 e. The number of nitrogens with zero attached hydrogens (tertiary/aromatic N) is 1. The number of anilines is 1. The second-order valence-corrected chi connectivity index (χ2v) is 5.60. The summed E-state index contributed by atoms with van der Waals surface area (Å²) in [7, 11) is 0. The van der Waals surface area contributed by atoms with E-state index in [9.17, 15) is 9.59 Å². The zero-order valence-electron chi connectivity index (χ0n) is 12.1. The highest BCUT2D eigenvalue weighted by Gasteiger charge is 2.16. The minimum Gasteiger partial charge on any atom is -0.450 e. The fourth-order valence-corrected chi connectivity index (χ4v) is 2.39. The Morgan fingerprint density at radius 3 is 2.75 bits per heavy atom. The van der Waals surface area contributed by atoms with Crippen LogP contribution in [0.1, 0.15) is 10.6 Å². The van der Waals surface area contributed by atoms with Gasteiger partial charge in [0.1, 0.15) is 5.58 Å². The Morgan fingerprint density at radius 1 is 1.21 bits per heavy atom. The molecule has 24 heavy (non-hydrogen) atoms. The molecule has 1 amide bonds. The SMILES string of the molecule is O=C(COC(=O)c1cc2ccccc2o1)Nc1ncc(Cl)cc1Cl. The van der Waals surface area contributed by atoms with Crippen LogP contribution in [0, 0.1) is 0 Å². The van der Waals surface area contributed by atoms with E-state index in [2.05, 4.69) is 10.3 Å². The van der Waals surface area contributed by atoms with Crippen LogP contribution in [0.4, 0.5) is 5.82 Å². The maximum atomic E-state index is 11.9. The highest BCUT2D eigenvalue weighted by molar-refractivity contribution is 6.36. The first-order chi connectivity index (χ1) is 11.5. The van der Waals surface area contributed by atoms with Gasteiger partial charge in [0.05, 0.1) is 10.0 Å². The number of amides is 1. The number of rotatable bonds is 4. The van der Waals surface area contributed by atoms with Gasteiger partial charge in [0.15, 0.2) is 12.4 Å². The summed E-state index contributed by atoms with van der Waals surface area (Å²) in [5.41, 5.74) is 0.561. The van der Waals surface area contributed by atoms with Gasteiger partial charge in [0, 0.05) is 11.6 Å². The third kappa shape index (κ3) is 3.67. The first-order valence-corrected chi connectivity index (χ1v) is 7.55. The molecule has 1 aromatic carbocycles. The Kier molecular flexibility index (Phi) is 4.69. The van der Waals surface area contributed by atoms with Crippen LogP contribution in [0.2, 0.25) is 10.0 Å². The highest BCUT2D eigenvalue weighted by Crippen LogP contribution is 2.22. The minimum atomic E-state index is -0.739. The van der Waals surface area contributed by atoms with E-state index in [4.69, 9.17) is 32.4 Å². The van der Waals surface area contributed by atoms with E-state index in [0.717, 1.165) is 5.39 Å². The van der Waals surface area contributed by atoms with E-state index in [1.54, 1.807) is 24.3 Å². The quantitative estimate of drug-likeness (QED) is 0.709. The third-order valence-corrected chi connectivity index (χ3v) is 3.52.